The molecule has 0 spiro atoms. The van der Waals surface area contributed by atoms with E-state index in [9.17, 15) is 4.39 Å². The Labute approximate surface area is 134 Å². The van der Waals surface area contributed by atoms with Gasteiger partial charge in [-0.1, -0.05) is 0 Å². The van der Waals surface area contributed by atoms with E-state index in [1.807, 2.05) is 31.5 Å². The summed E-state index contributed by atoms with van der Waals surface area (Å²) in [7, 11) is 1.84. The average Bonchev–Trinajstić information content (AvgIpc) is 2.93. The Morgan fingerprint density at radius 1 is 1.38 bits per heavy atom. The second-order valence-electron chi connectivity index (χ2n) is 4.90. The third kappa shape index (κ3) is 2.26. The van der Waals surface area contributed by atoms with Crippen LogP contribution in [0, 0.1) is 12.7 Å². The standard InChI is InChI=1S/C14H13BrClFN4/c1-7(16)13-18-12-8(2)19-20(3)14(12)21(13)9-4-5-10(15)11(17)6-9/h4-7H,1-3H3. The first kappa shape index (κ1) is 14.5. The molecule has 3 rings (SSSR count). The van der Waals surface area contributed by atoms with Crippen molar-refractivity contribution in [3.63, 3.8) is 0 Å². The van der Waals surface area contributed by atoms with Gasteiger partial charge in [-0.15, -0.1) is 11.6 Å². The molecule has 0 aliphatic heterocycles. The van der Waals surface area contributed by atoms with Crippen molar-refractivity contribution in [1.29, 1.82) is 0 Å². The molecule has 0 amide bonds. The number of imidazole rings is 1. The number of hydrogen-bond donors (Lipinski definition) is 0. The fourth-order valence-electron chi connectivity index (χ4n) is 2.43. The van der Waals surface area contributed by atoms with E-state index in [4.69, 9.17) is 11.6 Å². The van der Waals surface area contributed by atoms with E-state index in [2.05, 4.69) is 26.0 Å². The molecule has 7 heteroatoms. The van der Waals surface area contributed by atoms with Gasteiger partial charge >= 0.3 is 0 Å². The van der Waals surface area contributed by atoms with Crippen LogP contribution in [-0.2, 0) is 7.05 Å². The lowest BCUT2D eigenvalue weighted by Crippen LogP contribution is -2.06. The normalized spacial score (nSPS) is 13.0. The second kappa shape index (κ2) is 5.10. The molecule has 0 radical (unpaired) electrons. The quantitative estimate of drug-likeness (QED) is 0.631. The lowest BCUT2D eigenvalue weighted by Gasteiger charge is -2.11. The van der Waals surface area contributed by atoms with Crippen molar-refractivity contribution in [2.75, 3.05) is 0 Å². The van der Waals surface area contributed by atoms with Crippen LogP contribution in [0.1, 0.15) is 23.8 Å². The third-order valence-corrected chi connectivity index (χ3v) is 4.18. The molecule has 2 aromatic heterocycles. The first-order chi connectivity index (χ1) is 9.90. The number of halogens is 3. The molecule has 0 saturated carbocycles. The summed E-state index contributed by atoms with van der Waals surface area (Å²) < 4.78 is 17.9. The summed E-state index contributed by atoms with van der Waals surface area (Å²) in [6, 6.07) is 4.94. The van der Waals surface area contributed by atoms with Gasteiger partial charge in [0.2, 0.25) is 0 Å². The van der Waals surface area contributed by atoms with Crippen molar-refractivity contribution in [2.45, 2.75) is 19.2 Å². The Morgan fingerprint density at radius 2 is 2.10 bits per heavy atom. The van der Waals surface area contributed by atoms with E-state index in [1.54, 1.807) is 10.7 Å². The highest BCUT2D eigenvalue weighted by atomic mass is 79.9. The molecule has 1 atom stereocenters. The van der Waals surface area contributed by atoms with Gasteiger partial charge in [0.15, 0.2) is 5.65 Å². The SMILES string of the molecule is Cc1nn(C)c2c1nc(C(C)Cl)n2-c1ccc(Br)c(F)c1. The third-order valence-electron chi connectivity index (χ3n) is 3.35. The number of rotatable bonds is 2. The van der Waals surface area contributed by atoms with Crippen molar-refractivity contribution in [3.05, 3.63) is 40.0 Å². The molecule has 3 aromatic rings. The summed E-state index contributed by atoms with van der Waals surface area (Å²) in [5, 5.41) is 4.06. The molecular weight excluding hydrogens is 359 g/mol. The molecule has 1 aromatic carbocycles. The highest BCUT2D eigenvalue weighted by molar-refractivity contribution is 9.10. The largest absolute Gasteiger partial charge is 0.280 e. The number of aryl methyl sites for hydroxylation is 2. The van der Waals surface area contributed by atoms with Crippen molar-refractivity contribution >= 4 is 38.7 Å². The molecule has 0 bridgehead atoms. The summed E-state index contributed by atoms with van der Waals surface area (Å²) in [5.74, 6) is 0.339. The van der Waals surface area contributed by atoms with E-state index >= 15 is 0 Å². The molecule has 1 unspecified atom stereocenters. The lowest BCUT2D eigenvalue weighted by atomic mass is 10.3. The van der Waals surface area contributed by atoms with E-state index < -0.39 is 0 Å². The fourth-order valence-corrected chi connectivity index (χ4v) is 2.83. The second-order valence-corrected chi connectivity index (χ2v) is 6.41. The molecule has 21 heavy (non-hydrogen) atoms. The molecule has 0 aliphatic rings. The lowest BCUT2D eigenvalue weighted by molar-refractivity contribution is 0.619. The van der Waals surface area contributed by atoms with Crippen LogP contribution in [0.5, 0.6) is 0 Å². The van der Waals surface area contributed by atoms with Crippen LogP contribution >= 0.6 is 27.5 Å². The molecule has 110 valence electrons. The zero-order chi connectivity index (χ0) is 15.3. The molecule has 0 fully saturated rings. The van der Waals surface area contributed by atoms with Crippen molar-refractivity contribution in [2.24, 2.45) is 7.05 Å². The molecule has 4 nitrogen and oxygen atoms in total. The van der Waals surface area contributed by atoms with Gasteiger partial charge in [0.05, 0.1) is 21.2 Å². The Hall–Kier alpha value is -1.40. The van der Waals surface area contributed by atoms with Crippen LogP contribution in [-0.4, -0.2) is 19.3 Å². The summed E-state index contributed by atoms with van der Waals surface area (Å²) in [6.07, 6.45) is 0. The minimum atomic E-state index is -0.332. The van der Waals surface area contributed by atoms with E-state index in [-0.39, 0.29) is 11.2 Å². The Balaban J connectivity index is 2.38. The molecule has 0 saturated heterocycles. The van der Waals surface area contributed by atoms with Gasteiger partial charge in [0.1, 0.15) is 17.2 Å². The van der Waals surface area contributed by atoms with Gasteiger partial charge in [-0.05, 0) is 48.0 Å². The molecule has 0 aliphatic carbocycles. The topological polar surface area (TPSA) is 35.6 Å². The smallest absolute Gasteiger partial charge is 0.163 e. The van der Waals surface area contributed by atoms with Crippen LogP contribution in [0.2, 0.25) is 0 Å². The first-order valence-corrected chi connectivity index (χ1v) is 7.64. The van der Waals surface area contributed by atoms with E-state index in [1.165, 1.54) is 6.07 Å². The van der Waals surface area contributed by atoms with E-state index in [0.717, 1.165) is 16.9 Å². The summed E-state index contributed by atoms with van der Waals surface area (Å²) in [6.45, 7) is 3.74. The highest BCUT2D eigenvalue weighted by Crippen LogP contribution is 2.30. The number of nitrogens with zero attached hydrogens (tertiary/aromatic N) is 4. The van der Waals surface area contributed by atoms with Gasteiger partial charge in [-0.25, -0.2) is 14.1 Å². The fraction of sp³-hybridized carbons (Fsp3) is 0.286. The van der Waals surface area contributed by atoms with Gasteiger partial charge in [0, 0.05) is 7.05 Å². The maximum atomic E-state index is 13.9. The number of aromatic nitrogens is 4. The van der Waals surface area contributed by atoms with Crippen LogP contribution in [0.3, 0.4) is 0 Å². The maximum absolute atomic E-state index is 13.9. The zero-order valence-corrected chi connectivity index (χ0v) is 14.1. The predicted molar refractivity (Wildman–Crippen MR) is 84.5 cm³/mol. The predicted octanol–water partition coefficient (Wildman–Crippen LogP) is 4.27. The maximum Gasteiger partial charge on any atom is 0.163 e. The van der Waals surface area contributed by atoms with Gasteiger partial charge in [-0.3, -0.25) is 4.57 Å². The number of hydrogen-bond acceptors (Lipinski definition) is 2. The van der Waals surface area contributed by atoms with Crippen LogP contribution < -0.4 is 0 Å². The van der Waals surface area contributed by atoms with E-state index in [0.29, 0.717) is 16.0 Å². The number of alkyl halides is 1. The Bertz CT molecular complexity index is 837. The minimum absolute atomic E-state index is 0.302. The monoisotopic (exact) mass is 370 g/mol. The summed E-state index contributed by atoms with van der Waals surface area (Å²) in [4.78, 5) is 4.57. The van der Waals surface area contributed by atoms with Gasteiger partial charge < -0.3 is 0 Å². The first-order valence-electron chi connectivity index (χ1n) is 6.41. The van der Waals surface area contributed by atoms with Crippen molar-refractivity contribution < 1.29 is 4.39 Å². The minimum Gasteiger partial charge on any atom is -0.280 e. The number of benzene rings is 1. The van der Waals surface area contributed by atoms with Crippen LogP contribution in [0.25, 0.3) is 16.9 Å². The summed E-state index contributed by atoms with van der Waals surface area (Å²) in [5.41, 5.74) is 3.08. The van der Waals surface area contributed by atoms with Crippen LogP contribution in [0.15, 0.2) is 22.7 Å². The van der Waals surface area contributed by atoms with Crippen molar-refractivity contribution in [3.8, 4) is 5.69 Å². The van der Waals surface area contributed by atoms with Crippen molar-refractivity contribution in [1.82, 2.24) is 19.3 Å². The molecular formula is C14H13BrClFN4. The molecule has 0 N–H and O–H groups in total. The zero-order valence-electron chi connectivity index (χ0n) is 11.7. The van der Waals surface area contributed by atoms with Crippen LogP contribution in [0.4, 0.5) is 4.39 Å². The van der Waals surface area contributed by atoms with Gasteiger partial charge in [0.25, 0.3) is 0 Å². The molecule has 2 heterocycles. The number of fused-ring (bicyclic) bond motifs is 1. The Morgan fingerprint density at radius 3 is 2.71 bits per heavy atom. The average molecular weight is 372 g/mol. The summed E-state index contributed by atoms with van der Waals surface area (Å²) >= 11 is 9.41. The van der Waals surface area contributed by atoms with Gasteiger partial charge in [-0.2, -0.15) is 5.10 Å². The highest BCUT2D eigenvalue weighted by Gasteiger charge is 2.21. The Kier molecular flexibility index (Phi) is 3.53.